The van der Waals surface area contributed by atoms with Gasteiger partial charge in [-0.05, 0) is 54.1 Å². The van der Waals surface area contributed by atoms with Gasteiger partial charge < -0.3 is 21.1 Å². The number of ether oxygens (including phenoxy) is 1. The lowest BCUT2D eigenvalue weighted by atomic mass is 10.0. The van der Waals surface area contributed by atoms with Crippen molar-refractivity contribution in [1.82, 2.24) is 5.32 Å². The van der Waals surface area contributed by atoms with Gasteiger partial charge in [0.05, 0.1) is 13.2 Å². The van der Waals surface area contributed by atoms with Crippen molar-refractivity contribution in [2.45, 2.75) is 31.3 Å². The minimum absolute atomic E-state index is 0. The maximum absolute atomic E-state index is 12.7. The summed E-state index contributed by atoms with van der Waals surface area (Å²) in [5.41, 5.74) is 7.95. The van der Waals surface area contributed by atoms with Gasteiger partial charge in [-0.1, -0.05) is 42.5 Å². The molecule has 0 saturated heterocycles. The van der Waals surface area contributed by atoms with Gasteiger partial charge in [0.15, 0.2) is 0 Å². The van der Waals surface area contributed by atoms with Crippen LogP contribution in [0.1, 0.15) is 16.9 Å². The first-order valence-corrected chi connectivity index (χ1v) is 11.7. The van der Waals surface area contributed by atoms with Crippen molar-refractivity contribution in [2.24, 2.45) is 5.73 Å². The fourth-order valence-electron chi connectivity index (χ4n) is 3.27. The number of carbonyl (C=O) groups is 2. The predicted molar refractivity (Wildman–Crippen MR) is 141 cm³/mol. The quantitative estimate of drug-likeness (QED) is 0.342. The first-order chi connectivity index (χ1) is 16.0. The summed E-state index contributed by atoms with van der Waals surface area (Å²) in [6, 6.07) is 20.0. The molecule has 2 aromatic carbocycles. The number of aryl methyl sites for hydroxylation is 1. The number of nitrogens with two attached hydrogens (primary N) is 1. The van der Waals surface area contributed by atoms with Gasteiger partial charge in [0.2, 0.25) is 11.8 Å². The molecule has 6 nitrogen and oxygen atoms in total. The molecule has 2 amide bonds. The highest BCUT2D eigenvalue weighted by atomic mass is 35.5. The van der Waals surface area contributed by atoms with Gasteiger partial charge in [-0.2, -0.15) is 0 Å². The van der Waals surface area contributed by atoms with Crippen LogP contribution in [0.15, 0.2) is 84.3 Å². The number of amides is 2. The largest absolute Gasteiger partial charge is 0.497 e. The lowest BCUT2D eigenvalue weighted by Gasteiger charge is -2.18. The lowest BCUT2D eigenvalue weighted by Crippen LogP contribution is -2.46. The predicted octanol–water partition coefficient (Wildman–Crippen LogP) is 4.36. The molecule has 0 radical (unpaired) electrons. The molecule has 3 rings (SSSR count). The third-order valence-corrected chi connectivity index (χ3v) is 5.99. The molecule has 0 saturated carbocycles. The van der Waals surface area contributed by atoms with Gasteiger partial charge in [0, 0.05) is 29.1 Å². The zero-order chi connectivity index (χ0) is 23.5. The van der Waals surface area contributed by atoms with Crippen LogP contribution in [0.4, 0.5) is 5.69 Å². The molecule has 8 heteroatoms. The molecule has 0 fully saturated rings. The number of methoxy groups -OCH3 is 1. The fraction of sp³-hybridized carbons (Fsp3) is 0.231. The van der Waals surface area contributed by atoms with Crippen LogP contribution in [0.5, 0.6) is 5.75 Å². The zero-order valence-electron chi connectivity index (χ0n) is 19.0. The molecule has 2 atom stereocenters. The minimum atomic E-state index is -0.649. The second kappa shape index (κ2) is 14.2. The van der Waals surface area contributed by atoms with Crippen molar-refractivity contribution >= 4 is 41.2 Å². The Hall–Kier alpha value is -3.13. The number of hydrogen-bond acceptors (Lipinski definition) is 5. The van der Waals surface area contributed by atoms with Crippen LogP contribution in [0.25, 0.3) is 0 Å². The number of hydrogen-bond donors (Lipinski definition) is 3. The van der Waals surface area contributed by atoms with Crippen molar-refractivity contribution in [1.29, 1.82) is 0 Å². The molecule has 0 unspecified atom stereocenters. The van der Waals surface area contributed by atoms with Gasteiger partial charge in [-0.25, -0.2) is 0 Å². The normalized spacial score (nSPS) is 12.4. The molecule has 34 heavy (non-hydrogen) atoms. The number of thiophene rings is 1. The van der Waals surface area contributed by atoms with Gasteiger partial charge in [-0.15, -0.1) is 23.7 Å². The van der Waals surface area contributed by atoms with E-state index in [0.717, 1.165) is 16.9 Å². The summed E-state index contributed by atoms with van der Waals surface area (Å²) in [5, 5.41) is 7.77. The van der Waals surface area contributed by atoms with Gasteiger partial charge in [0.25, 0.3) is 0 Å². The molecule has 4 N–H and O–H groups in total. The van der Waals surface area contributed by atoms with E-state index in [9.17, 15) is 9.59 Å². The fourth-order valence-corrected chi connectivity index (χ4v) is 4.04. The molecule has 0 spiro atoms. The van der Waals surface area contributed by atoms with E-state index in [1.165, 1.54) is 6.08 Å². The Morgan fingerprint density at radius 1 is 1.06 bits per heavy atom. The smallest absolute Gasteiger partial charge is 0.248 e. The third-order valence-electron chi connectivity index (χ3n) is 5.09. The highest BCUT2D eigenvalue weighted by Crippen LogP contribution is 2.15. The Bertz CT molecular complexity index is 1040. The van der Waals surface area contributed by atoms with E-state index in [2.05, 4.69) is 10.6 Å². The van der Waals surface area contributed by atoms with Crippen LogP contribution in [0, 0.1) is 0 Å². The first kappa shape index (κ1) is 27.1. The average Bonchev–Trinajstić information content (AvgIpc) is 3.35. The molecule has 180 valence electrons. The SMILES string of the molecule is COc1ccc(NC(=O)C=C[C@H](CCc2ccccc2)NC(=O)[C@@H](N)Cc2cccs2)cc1.Cl. The van der Waals surface area contributed by atoms with Crippen LogP contribution in [0.3, 0.4) is 0 Å². The molecule has 0 aliphatic carbocycles. The highest BCUT2D eigenvalue weighted by molar-refractivity contribution is 7.09. The van der Waals surface area contributed by atoms with E-state index in [4.69, 9.17) is 10.5 Å². The highest BCUT2D eigenvalue weighted by Gasteiger charge is 2.18. The number of nitrogens with one attached hydrogen (secondary N) is 2. The van der Waals surface area contributed by atoms with Crippen LogP contribution >= 0.6 is 23.7 Å². The van der Waals surface area contributed by atoms with E-state index in [1.807, 2.05) is 47.8 Å². The Morgan fingerprint density at radius 2 is 1.79 bits per heavy atom. The third kappa shape index (κ3) is 9.02. The Kier molecular flexibility index (Phi) is 11.3. The summed E-state index contributed by atoms with van der Waals surface area (Å²) in [7, 11) is 1.59. The van der Waals surface area contributed by atoms with Crippen LogP contribution in [0.2, 0.25) is 0 Å². The minimum Gasteiger partial charge on any atom is -0.497 e. The van der Waals surface area contributed by atoms with Crippen LogP contribution < -0.4 is 21.1 Å². The molecule has 0 aliphatic rings. The molecule has 0 aliphatic heterocycles. The van der Waals surface area contributed by atoms with Crippen LogP contribution in [-0.4, -0.2) is 31.0 Å². The number of benzene rings is 2. The second-order valence-corrected chi connectivity index (χ2v) is 8.64. The zero-order valence-corrected chi connectivity index (χ0v) is 20.6. The van der Waals surface area contributed by atoms with Crippen molar-refractivity contribution in [3.05, 3.63) is 94.7 Å². The van der Waals surface area contributed by atoms with E-state index in [1.54, 1.807) is 48.8 Å². The topological polar surface area (TPSA) is 93.5 Å². The van der Waals surface area contributed by atoms with Gasteiger partial charge in [0.1, 0.15) is 5.75 Å². The van der Waals surface area contributed by atoms with Gasteiger partial charge >= 0.3 is 0 Å². The summed E-state index contributed by atoms with van der Waals surface area (Å²) in [6.07, 6.45) is 5.06. The first-order valence-electron chi connectivity index (χ1n) is 10.8. The number of carbonyl (C=O) groups excluding carboxylic acids is 2. The summed E-state index contributed by atoms with van der Waals surface area (Å²) < 4.78 is 5.13. The molecule has 3 aromatic rings. The van der Waals surface area contributed by atoms with Crippen molar-refractivity contribution in [2.75, 3.05) is 12.4 Å². The summed E-state index contributed by atoms with van der Waals surface area (Å²) in [6.45, 7) is 0. The van der Waals surface area contributed by atoms with Crippen LogP contribution in [-0.2, 0) is 22.4 Å². The molecule has 1 aromatic heterocycles. The number of halogens is 1. The average molecular weight is 500 g/mol. The van der Waals surface area contributed by atoms with Crippen molar-refractivity contribution in [3.63, 3.8) is 0 Å². The summed E-state index contributed by atoms with van der Waals surface area (Å²) >= 11 is 1.58. The molecule has 1 heterocycles. The molecular formula is C26H30ClN3O3S. The maximum Gasteiger partial charge on any atom is 0.248 e. The Morgan fingerprint density at radius 3 is 2.44 bits per heavy atom. The number of anilines is 1. The maximum atomic E-state index is 12.7. The Labute approximate surface area is 210 Å². The van der Waals surface area contributed by atoms with Gasteiger partial charge in [-0.3, -0.25) is 9.59 Å². The second-order valence-electron chi connectivity index (χ2n) is 7.61. The van der Waals surface area contributed by atoms with E-state index < -0.39 is 6.04 Å². The van der Waals surface area contributed by atoms with Crippen molar-refractivity contribution < 1.29 is 14.3 Å². The van der Waals surface area contributed by atoms with Crippen molar-refractivity contribution in [3.8, 4) is 5.75 Å². The Balaban J connectivity index is 0.00000408. The summed E-state index contributed by atoms with van der Waals surface area (Å²) in [4.78, 5) is 26.2. The standard InChI is InChI=1S/C26H29N3O3S.ClH/c1-32-22-14-11-20(12-15-22)28-25(30)16-13-21(10-9-19-6-3-2-4-7-19)29-26(31)24(27)18-23-8-5-17-33-23;/h2-8,11-17,21,24H,9-10,18,27H2,1H3,(H,28,30)(H,29,31);1H/t21-,24-;/m0./s1. The van der Waals surface area contributed by atoms with E-state index in [-0.39, 0.29) is 30.3 Å². The summed E-state index contributed by atoms with van der Waals surface area (Å²) in [5.74, 6) is 0.204. The monoisotopic (exact) mass is 499 g/mol. The van der Waals surface area contributed by atoms with E-state index >= 15 is 0 Å². The van der Waals surface area contributed by atoms with E-state index in [0.29, 0.717) is 24.3 Å². The number of rotatable bonds is 11. The molecular weight excluding hydrogens is 470 g/mol. The molecule has 0 bridgehead atoms. The lowest BCUT2D eigenvalue weighted by molar-refractivity contribution is -0.122.